The van der Waals surface area contributed by atoms with Crippen molar-refractivity contribution >= 4 is 45.1 Å². The Bertz CT molecular complexity index is 1170. The van der Waals surface area contributed by atoms with Crippen LogP contribution in [0, 0.1) is 20.8 Å². The third kappa shape index (κ3) is 5.34. The number of benzene rings is 1. The van der Waals surface area contributed by atoms with Crippen molar-refractivity contribution in [1.82, 2.24) is 20.4 Å². The molecule has 3 aromatic rings. The molecule has 9 heteroatoms. The Labute approximate surface area is 189 Å². The summed E-state index contributed by atoms with van der Waals surface area (Å²) in [7, 11) is 0. The molecule has 0 radical (unpaired) electrons. The number of hydrogen-bond donors (Lipinski definition) is 2. The molecule has 7 nitrogen and oxygen atoms in total. The minimum atomic E-state index is -0.387. The molecule has 0 fully saturated rings. The van der Waals surface area contributed by atoms with Crippen LogP contribution in [0.2, 0.25) is 0 Å². The van der Waals surface area contributed by atoms with Gasteiger partial charge in [-0.2, -0.15) is 0 Å². The molecule has 0 aliphatic rings. The standard InChI is InChI=1S/C22H26N4O3S2/c1-5-6-11-26-21(29)18-14(3)15(4)31-20(18)23-22(26)30-12-17(27)24-25-19(28)16-9-7-13(2)8-10-16/h7-10H,5-6,11-12H2,1-4H3,(H,24,27)(H,25,28). The summed E-state index contributed by atoms with van der Waals surface area (Å²) in [5.74, 6) is -0.732. The van der Waals surface area contributed by atoms with Crippen LogP contribution < -0.4 is 16.4 Å². The predicted octanol–water partition coefficient (Wildman–Crippen LogP) is 3.74. The summed E-state index contributed by atoms with van der Waals surface area (Å²) in [6.07, 6.45) is 1.80. The van der Waals surface area contributed by atoms with Crippen molar-refractivity contribution in [2.75, 3.05) is 5.75 Å². The van der Waals surface area contributed by atoms with Gasteiger partial charge in [-0.1, -0.05) is 42.8 Å². The normalized spacial score (nSPS) is 11.0. The number of rotatable bonds is 7. The van der Waals surface area contributed by atoms with Gasteiger partial charge in [-0.3, -0.25) is 29.8 Å². The fourth-order valence-corrected chi connectivity index (χ4v) is 4.90. The number of carbonyl (C=O) groups is 2. The van der Waals surface area contributed by atoms with Crippen molar-refractivity contribution in [3.05, 3.63) is 56.2 Å². The summed E-state index contributed by atoms with van der Waals surface area (Å²) in [6.45, 7) is 8.48. The van der Waals surface area contributed by atoms with Crippen LogP contribution >= 0.6 is 23.1 Å². The molecule has 0 spiro atoms. The van der Waals surface area contributed by atoms with E-state index in [1.807, 2.05) is 32.9 Å². The number of fused-ring (bicyclic) bond motifs is 1. The van der Waals surface area contributed by atoms with Gasteiger partial charge < -0.3 is 0 Å². The molecule has 0 atom stereocenters. The van der Waals surface area contributed by atoms with E-state index < -0.39 is 0 Å². The molecule has 3 rings (SSSR count). The molecule has 31 heavy (non-hydrogen) atoms. The molecule has 0 unspecified atom stereocenters. The van der Waals surface area contributed by atoms with Gasteiger partial charge in [-0.25, -0.2) is 4.98 Å². The van der Waals surface area contributed by atoms with E-state index in [0.717, 1.165) is 28.8 Å². The number of nitrogens with zero attached hydrogens (tertiary/aromatic N) is 2. The van der Waals surface area contributed by atoms with Crippen molar-refractivity contribution in [3.8, 4) is 0 Å². The molecule has 0 aliphatic carbocycles. The molecule has 0 saturated carbocycles. The van der Waals surface area contributed by atoms with E-state index >= 15 is 0 Å². The molecule has 0 bridgehead atoms. The topological polar surface area (TPSA) is 93.1 Å². The van der Waals surface area contributed by atoms with E-state index in [4.69, 9.17) is 0 Å². The minimum Gasteiger partial charge on any atom is -0.287 e. The van der Waals surface area contributed by atoms with Crippen LogP contribution in [-0.2, 0) is 11.3 Å². The van der Waals surface area contributed by atoms with Crippen LogP contribution in [0.25, 0.3) is 10.2 Å². The van der Waals surface area contributed by atoms with Crippen molar-refractivity contribution in [2.24, 2.45) is 0 Å². The summed E-state index contributed by atoms with van der Waals surface area (Å²) < 4.78 is 1.66. The second kappa shape index (κ2) is 10.1. The summed E-state index contributed by atoms with van der Waals surface area (Å²) in [5, 5.41) is 1.19. The quantitative estimate of drug-likeness (QED) is 0.320. The van der Waals surface area contributed by atoms with E-state index in [9.17, 15) is 14.4 Å². The van der Waals surface area contributed by atoms with Gasteiger partial charge in [0, 0.05) is 17.0 Å². The average Bonchev–Trinajstić information content (AvgIpc) is 3.04. The number of aryl methyl sites for hydroxylation is 3. The number of carbonyl (C=O) groups excluding carboxylic acids is 2. The lowest BCUT2D eigenvalue weighted by atomic mass is 10.1. The van der Waals surface area contributed by atoms with Crippen LogP contribution in [0.5, 0.6) is 0 Å². The van der Waals surface area contributed by atoms with Gasteiger partial charge >= 0.3 is 0 Å². The van der Waals surface area contributed by atoms with Crippen molar-refractivity contribution < 1.29 is 9.59 Å². The average molecular weight is 459 g/mol. The largest absolute Gasteiger partial charge is 0.287 e. The Kier molecular flexibility index (Phi) is 7.50. The van der Waals surface area contributed by atoms with Gasteiger partial charge in [0.2, 0.25) is 5.91 Å². The number of nitrogens with one attached hydrogen (secondary N) is 2. The zero-order valence-corrected chi connectivity index (χ0v) is 19.7. The molecular weight excluding hydrogens is 432 g/mol. The van der Waals surface area contributed by atoms with Gasteiger partial charge in [-0.15, -0.1) is 11.3 Å². The maximum Gasteiger partial charge on any atom is 0.269 e. The molecule has 0 aliphatic heterocycles. The summed E-state index contributed by atoms with van der Waals surface area (Å²) >= 11 is 2.69. The van der Waals surface area contributed by atoms with E-state index in [0.29, 0.717) is 27.5 Å². The summed E-state index contributed by atoms with van der Waals surface area (Å²) in [6, 6.07) is 7.06. The molecule has 1 aromatic carbocycles. The summed E-state index contributed by atoms with van der Waals surface area (Å²) in [4.78, 5) is 43.9. The maximum atomic E-state index is 13.1. The van der Waals surface area contributed by atoms with E-state index in [-0.39, 0.29) is 23.1 Å². The van der Waals surface area contributed by atoms with Gasteiger partial charge in [0.1, 0.15) is 4.83 Å². The Hall–Kier alpha value is -2.65. The fourth-order valence-electron chi connectivity index (χ4n) is 3.00. The Morgan fingerprint density at radius 1 is 1.13 bits per heavy atom. The maximum absolute atomic E-state index is 13.1. The van der Waals surface area contributed by atoms with Crippen LogP contribution in [0.3, 0.4) is 0 Å². The number of hydrogen-bond acceptors (Lipinski definition) is 6. The first kappa shape index (κ1) is 23.0. The Morgan fingerprint density at radius 3 is 2.52 bits per heavy atom. The van der Waals surface area contributed by atoms with Crippen LogP contribution in [0.15, 0.2) is 34.2 Å². The summed E-state index contributed by atoms with van der Waals surface area (Å²) in [5.41, 5.74) is 7.26. The SMILES string of the molecule is CCCCn1c(SCC(=O)NNC(=O)c2ccc(C)cc2)nc2sc(C)c(C)c2c1=O. The van der Waals surface area contributed by atoms with E-state index in [1.165, 1.54) is 23.1 Å². The molecule has 2 heterocycles. The van der Waals surface area contributed by atoms with E-state index in [1.54, 1.807) is 16.7 Å². The van der Waals surface area contributed by atoms with Crippen LogP contribution in [-0.4, -0.2) is 27.1 Å². The number of unbranched alkanes of at least 4 members (excludes halogenated alkanes) is 1. The molecule has 2 N–H and O–H groups in total. The highest BCUT2D eigenvalue weighted by molar-refractivity contribution is 7.99. The smallest absolute Gasteiger partial charge is 0.269 e. The second-order valence-corrected chi connectivity index (χ2v) is 9.47. The van der Waals surface area contributed by atoms with Crippen molar-refractivity contribution in [2.45, 2.75) is 52.2 Å². The van der Waals surface area contributed by atoms with Crippen LogP contribution in [0.4, 0.5) is 0 Å². The molecule has 2 amide bonds. The minimum absolute atomic E-state index is 0.0294. The second-order valence-electron chi connectivity index (χ2n) is 7.33. The fraction of sp³-hybridized carbons (Fsp3) is 0.364. The molecule has 164 valence electrons. The zero-order valence-electron chi connectivity index (χ0n) is 18.1. The first-order valence-electron chi connectivity index (χ1n) is 10.1. The highest BCUT2D eigenvalue weighted by atomic mass is 32.2. The van der Waals surface area contributed by atoms with Crippen LogP contribution in [0.1, 0.15) is 46.1 Å². The lowest BCUT2D eigenvalue weighted by Crippen LogP contribution is -2.42. The van der Waals surface area contributed by atoms with Gasteiger partial charge in [0.15, 0.2) is 5.16 Å². The third-order valence-electron chi connectivity index (χ3n) is 4.95. The lowest BCUT2D eigenvalue weighted by molar-refractivity contribution is -0.119. The number of thioether (sulfide) groups is 1. The monoisotopic (exact) mass is 458 g/mol. The Balaban J connectivity index is 1.70. The lowest BCUT2D eigenvalue weighted by Gasteiger charge is -2.12. The number of thiophene rings is 1. The molecule has 2 aromatic heterocycles. The molecular formula is C22H26N4O3S2. The molecule has 0 saturated heterocycles. The predicted molar refractivity (Wildman–Crippen MR) is 126 cm³/mol. The Morgan fingerprint density at radius 2 is 1.84 bits per heavy atom. The van der Waals surface area contributed by atoms with Gasteiger partial charge in [0.05, 0.1) is 11.1 Å². The van der Waals surface area contributed by atoms with Crippen molar-refractivity contribution in [3.63, 3.8) is 0 Å². The number of aromatic nitrogens is 2. The van der Waals surface area contributed by atoms with E-state index in [2.05, 4.69) is 22.8 Å². The van der Waals surface area contributed by atoms with Gasteiger partial charge in [-0.05, 0) is 44.9 Å². The highest BCUT2D eigenvalue weighted by Gasteiger charge is 2.17. The zero-order chi connectivity index (χ0) is 22.5. The van der Waals surface area contributed by atoms with Gasteiger partial charge in [0.25, 0.3) is 11.5 Å². The van der Waals surface area contributed by atoms with Crippen molar-refractivity contribution in [1.29, 1.82) is 0 Å². The first-order valence-corrected chi connectivity index (χ1v) is 11.9. The highest BCUT2D eigenvalue weighted by Crippen LogP contribution is 2.28. The third-order valence-corrected chi connectivity index (χ3v) is 7.03. The number of hydrazine groups is 1. The first-order chi connectivity index (χ1) is 14.8. The number of amides is 2.